The van der Waals surface area contributed by atoms with Crippen LogP contribution in [0.4, 0.5) is 5.69 Å². The second-order valence-corrected chi connectivity index (χ2v) is 9.79. The SMILES string of the molecule is COc1ccccc1N1CCN(CC(O)COC2CCC(C(C)(C)C)CC2)CC1.Cl.Cl. The Hall–Kier alpha value is -0.720. The van der Waals surface area contributed by atoms with Crippen molar-refractivity contribution in [2.24, 2.45) is 11.3 Å². The van der Waals surface area contributed by atoms with Gasteiger partial charge in [0.15, 0.2) is 0 Å². The second-order valence-electron chi connectivity index (χ2n) is 9.79. The maximum atomic E-state index is 10.5. The Labute approximate surface area is 201 Å². The first-order valence-corrected chi connectivity index (χ1v) is 11.3. The number of ether oxygens (including phenoxy) is 2. The van der Waals surface area contributed by atoms with E-state index in [1.807, 2.05) is 12.1 Å². The topological polar surface area (TPSA) is 45.2 Å². The van der Waals surface area contributed by atoms with E-state index in [1.54, 1.807) is 7.11 Å². The van der Waals surface area contributed by atoms with Gasteiger partial charge in [-0.1, -0.05) is 32.9 Å². The minimum Gasteiger partial charge on any atom is -0.495 e. The zero-order chi connectivity index (χ0) is 20.9. The molecule has 2 aliphatic rings. The average Bonchev–Trinajstić information content (AvgIpc) is 2.72. The lowest BCUT2D eigenvalue weighted by Crippen LogP contribution is -2.49. The molecule has 1 aliphatic carbocycles. The monoisotopic (exact) mass is 476 g/mol. The summed E-state index contributed by atoms with van der Waals surface area (Å²) in [5.74, 6) is 1.72. The highest BCUT2D eigenvalue weighted by Gasteiger charge is 2.30. The molecule has 1 N–H and O–H groups in total. The quantitative estimate of drug-likeness (QED) is 0.620. The summed E-state index contributed by atoms with van der Waals surface area (Å²) in [4.78, 5) is 4.71. The fourth-order valence-electron chi connectivity index (χ4n) is 4.76. The smallest absolute Gasteiger partial charge is 0.142 e. The highest BCUT2D eigenvalue weighted by Crippen LogP contribution is 2.38. The molecule has 7 heteroatoms. The van der Waals surface area contributed by atoms with Crippen LogP contribution >= 0.6 is 24.8 Å². The fourth-order valence-corrected chi connectivity index (χ4v) is 4.76. The van der Waals surface area contributed by atoms with Crippen molar-refractivity contribution in [3.05, 3.63) is 24.3 Å². The molecule has 0 radical (unpaired) electrons. The number of para-hydroxylation sites is 2. The summed E-state index contributed by atoms with van der Waals surface area (Å²) in [6, 6.07) is 8.19. The molecule has 1 atom stereocenters. The summed E-state index contributed by atoms with van der Waals surface area (Å²) in [5.41, 5.74) is 1.56. The fraction of sp³-hybridized carbons (Fsp3) is 0.750. The molecule has 180 valence electrons. The third-order valence-corrected chi connectivity index (χ3v) is 6.69. The Morgan fingerprint density at radius 1 is 1.00 bits per heavy atom. The third kappa shape index (κ3) is 8.29. The number of benzene rings is 1. The summed E-state index contributed by atoms with van der Waals surface area (Å²) in [6.45, 7) is 12.0. The van der Waals surface area contributed by atoms with Gasteiger partial charge in [0.1, 0.15) is 5.75 Å². The number of rotatable bonds is 7. The van der Waals surface area contributed by atoms with Crippen molar-refractivity contribution in [1.29, 1.82) is 0 Å². The largest absolute Gasteiger partial charge is 0.495 e. The molecule has 1 aliphatic heterocycles. The zero-order valence-electron chi connectivity index (χ0n) is 19.6. The minimum atomic E-state index is -0.409. The van der Waals surface area contributed by atoms with E-state index in [0.717, 1.165) is 56.4 Å². The van der Waals surface area contributed by atoms with Crippen LogP contribution in [0.3, 0.4) is 0 Å². The predicted octanol–water partition coefficient (Wildman–Crippen LogP) is 4.64. The predicted molar refractivity (Wildman–Crippen MR) is 133 cm³/mol. The van der Waals surface area contributed by atoms with Crippen LogP contribution in [0.2, 0.25) is 0 Å². The molecular formula is C24H42Cl2N2O3. The molecule has 5 nitrogen and oxygen atoms in total. The molecule has 1 saturated heterocycles. The molecular weight excluding hydrogens is 435 g/mol. The van der Waals surface area contributed by atoms with Crippen LogP contribution < -0.4 is 9.64 Å². The average molecular weight is 478 g/mol. The highest BCUT2D eigenvalue weighted by molar-refractivity contribution is 5.85. The Balaban J connectivity index is 0.00000240. The maximum absolute atomic E-state index is 10.5. The number of aliphatic hydroxyl groups excluding tert-OH is 1. The van der Waals surface area contributed by atoms with Gasteiger partial charge in [0.05, 0.1) is 31.6 Å². The molecule has 0 spiro atoms. The third-order valence-electron chi connectivity index (χ3n) is 6.69. The Kier molecular flexibility index (Phi) is 12.0. The van der Waals surface area contributed by atoms with E-state index in [2.05, 4.69) is 42.7 Å². The van der Waals surface area contributed by atoms with Gasteiger partial charge in [-0.25, -0.2) is 0 Å². The van der Waals surface area contributed by atoms with Crippen molar-refractivity contribution in [2.45, 2.75) is 58.7 Å². The lowest BCUT2D eigenvalue weighted by molar-refractivity contribution is -0.0446. The standard InChI is InChI=1S/C24H40N2O3.2ClH/c1-24(2,3)19-9-11-21(12-10-19)29-18-20(27)17-25-13-15-26(16-14-25)22-7-5-6-8-23(22)28-4;;/h5-8,19-21,27H,9-18H2,1-4H3;2*1H. The van der Waals surface area contributed by atoms with Crippen LogP contribution in [-0.2, 0) is 4.74 Å². The van der Waals surface area contributed by atoms with Crippen molar-refractivity contribution < 1.29 is 14.6 Å². The van der Waals surface area contributed by atoms with Crippen LogP contribution in [0.1, 0.15) is 46.5 Å². The molecule has 3 rings (SSSR count). The number of β-amino-alcohol motifs (C(OH)–C–C–N with tert-alkyl or cyclic N) is 1. The van der Waals surface area contributed by atoms with Crippen molar-refractivity contribution in [2.75, 3.05) is 51.3 Å². The summed E-state index contributed by atoms with van der Waals surface area (Å²) < 4.78 is 11.6. The summed E-state index contributed by atoms with van der Waals surface area (Å²) in [5, 5.41) is 10.5. The molecule has 31 heavy (non-hydrogen) atoms. The van der Waals surface area contributed by atoms with E-state index in [0.29, 0.717) is 24.7 Å². The first-order chi connectivity index (χ1) is 13.9. The van der Waals surface area contributed by atoms with Gasteiger partial charge in [-0.2, -0.15) is 0 Å². The van der Waals surface area contributed by atoms with E-state index >= 15 is 0 Å². The van der Waals surface area contributed by atoms with Crippen molar-refractivity contribution >= 4 is 30.5 Å². The van der Waals surface area contributed by atoms with Crippen LogP contribution in [-0.4, -0.2) is 68.7 Å². The van der Waals surface area contributed by atoms with E-state index in [9.17, 15) is 5.11 Å². The number of piperazine rings is 1. The van der Waals surface area contributed by atoms with Crippen molar-refractivity contribution in [1.82, 2.24) is 4.90 Å². The van der Waals surface area contributed by atoms with Crippen LogP contribution in [0.25, 0.3) is 0 Å². The van der Waals surface area contributed by atoms with Gasteiger partial charge in [0.25, 0.3) is 0 Å². The van der Waals surface area contributed by atoms with E-state index < -0.39 is 6.10 Å². The Morgan fingerprint density at radius 2 is 1.61 bits per heavy atom. The highest BCUT2D eigenvalue weighted by atomic mass is 35.5. The number of aliphatic hydroxyl groups is 1. The van der Waals surface area contributed by atoms with Gasteiger partial charge in [-0.15, -0.1) is 24.8 Å². The number of hydrogen-bond donors (Lipinski definition) is 1. The molecule has 0 aromatic heterocycles. The van der Waals surface area contributed by atoms with E-state index in [1.165, 1.54) is 12.8 Å². The maximum Gasteiger partial charge on any atom is 0.142 e. The number of nitrogens with zero attached hydrogens (tertiary/aromatic N) is 2. The lowest BCUT2D eigenvalue weighted by Gasteiger charge is -2.38. The van der Waals surface area contributed by atoms with Gasteiger partial charge >= 0.3 is 0 Å². The summed E-state index contributed by atoms with van der Waals surface area (Å²) in [7, 11) is 1.72. The zero-order valence-corrected chi connectivity index (χ0v) is 21.2. The normalized spacial score (nSPS) is 23.5. The van der Waals surface area contributed by atoms with Crippen LogP contribution in [0, 0.1) is 11.3 Å². The first kappa shape index (κ1) is 28.3. The van der Waals surface area contributed by atoms with Gasteiger partial charge in [-0.3, -0.25) is 4.90 Å². The molecule has 1 aromatic carbocycles. The van der Waals surface area contributed by atoms with Crippen LogP contribution in [0.15, 0.2) is 24.3 Å². The number of halogens is 2. The Morgan fingerprint density at radius 3 is 2.19 bits per heavy atom. The molecule has 1 heterocycles. The summed E-state index contributed by atoms with van der Waals surface area (Å²) in [6.07, 6.45) is 4.67. The molecule has 0 bridgehead atoms. The molecule has 0 amide bonds. The molecule has 1 unspecified atom stereocenters. The number of hydrogen-bond acceptors (Lipinski definition) is 5. The molecule has 1 aromatic rings. The minimum absolute atomic E-state index is 0. The van der Waals surface area contributed by atoms with Gasteiger partial charge in [-0.05, 0) is 49.1 Å². The number of anilines is 1. The van der Waals surface area contributed by atoms with Gasteiger partial charge < -0.3 is 19.5 Å². The van der Waals surface area contributed by atoms with Crippen molar-refractivity contribution in [3.63, 3.8) is 0 Å². The lowest BCUT2D eigenvalue weighted by atomic mass is 9.72. The van der Waals surface area contributed by atoms with Crippen LogP contribution in [0.5, 0.6) is 5.75 Å². The number of methoxy groups -OCH3 is 1. The first-order valence-electron chi connectivity index (χ1n) is 11.3. The Bertz CT molecular complexity index is 625. The molecule has 1 saturated carbocycles. The van der Waals surface area contributed by atoms with Gasteiger partial charge in [0, 0.05) is 32.7 Å². The van der Waals surface area contributed by atoms with E-state index in [4.69, 9.17) is 9.47 Å². The van der Waals surface area contributed by atoms with Gasteiger partial charge in [0.2, 0.25) is 0 Å². The van der Waals surface area contributed by atoms with Crippen molar-refractivity contribution in [3.8, 4) is 5.75 Å². The van der Waals surface area contributed by atoms with E-state index in [-0.39, 0.29) is 24.8 Å². The molecule has 2 fully saturated rings. The summed E-state index contributed by atoms with van der Waals surface area (Å²) >= 11 is 0. The second kappa shape index (κ2) is 13.1.